The monoisotopic (exact) mass is 349 g/mol. The van der Waals surface area contributed by atoms with Crippen molar-refractivity contribution in [3.63, 3.8) is 0 Å². The van der Waals surface area contributed by atoms with Crippen LogP contribution in [0.4, 0.5) is 10.1 Å². The lowest BCUT2D eigenvalue weighted by Crippen LogP contribution is -2.47. The second kappa shape index (κ2) is 8.40. The number of hydrogen-bond acceptors (Lipinski definition) is 4. The molecule has 6 nitrogen and oxygen atoms in total. The van der Waals surface area contributed by atoms with Crippen LogP contribution in [0, 0.1) is 11.7 Å². The van der Waals surface area contributed by atoms with Gasteiger partial charge in [-0.15, -0.1) is 0 Å². The molecule has 0 aliphatic carbocycles. The van der Waals surface area contributed by atoms with Gasteiger partial charge in [-0.1, -0.05) is 12.1 Å². The highest BCUT2D eigenvalue weighted by Crippen LogP contribution is 2.20. The van der Waals surface area contributed by atoms with Crippen LogP contribution in [0.1, 0.15) is 12.8 Å². The average Bonchev–Trinajstić information content (AvgIpc) is 2.64. The molecule has 25 heavy (non-hydrogen) atoms. The summed E-state index contributed by atoms with van der Waals surface area (Å²) in [5.41, 5.74) is 0.199. The minimum Gasteiger partial charge on any atom is -0.378 e. The third kappa shape index (κ3) is 4.76. The summed E-state index contributed by atoms with van der Waals surface area (Å²) in [6, 6.07) is 6.13. The molecule has 1 aromatic rings. The fourth-order valence-electron chi connectivity index (χ4n) is 3.34. The van der Waals surface area contributed by atoms with Crippen LogP contribution < -0.4 is 5.32 Å². The molecule has 1 N–H and O–H groups in total. The van der Waals surface area contributed by atoms with Crippen LogP contribution in [-0.2, 0) is 14.3 Å². The predicted octanol–water partition coefficient (Wildman–Crippen LogP) is 1.34. The van der Waals surface area contributed by atoms with E-state index in [1.165, 1.54) is 6.07 Å². The molecule has 0 radical (unpaired) electrons. The van der Waals surface area contributed by atoms with Crippen molar-refractivity contribution in [2.45, 2.75) is 12.8 Å². The number of amides is 2. The molecule has 7 heteroatoms. The summed E-state index contributed by atoms with van der Waals surface area (Å²) in [5, 5.41) is 2.60. The molecule has 3 rings (SSSR count). The zero-order valence-electron chi connectivity index (χ0n) is 14.2. The molecule has 0 bridgehead atoms. The van der Waals surface area contributed by atoms with Crippen LogP contribution in [0.25, 0.3) is 0 Å². The normalized spacial score (nSPS) is 19.6. The van der Waals surface area contributed by atoms with Gasteiger partial charge in [-0.2, -0.15) is 0 Å². The topological polar surface area (TPSA) is 61.9 Å². The van der Waals surface area contributed by atoms with Crippen LogP contribution in [0.5, 0.6) is 0 Å². The number of nitrogens with zero attached hydrogens (tertiary/aromatic N) is 2. The number of nitrogens with one attached hydrogen (secondary N) is 1. The number of morpholine rings is 1. The molecule has 2 saturated heterocycles. The van der Waals surface area contributed by atoms with Crippen molar-refractivity contribution in [1.82, 2.24) is 9.80 Å². The van der Waals surface area contributed by atoms with Gasteiger partial charge in [-0.05, 0) is 38.1 Å². The van der Waals surface area contributed by atoms with E-state index in [1.54, 1.807) is 18.2 Å². The van der Waals surface area contributed by atoms with Gasteiger partial charge in [-0.25, -0.2) is 4.39 Å². The summed E-state index contributed by atoms with van der Waals surface area (Å²) < 4.78 is 18.8. The van der Waals surface area contributed by atoms with Crippen molar-refractivity contribution in [1.29, 1.82) is 0 Å². The SMILES string of the molecule is O=C(CN1CCC(C(=O)N2CCOCC2)CC1)Nc1ccccc1F. The van der Waals surface area contributed by atoms with Gasteiger partial charge in [0.15, 0.2) is 0 Å². The predicted molar refractivity (Wildman–Crippen MR) is 91.6 cm³/mol. The highest BCUT2D eigenvalue weighted by atomic mass is 19.1. The fourth-order valence-corrected chi connectivity index (χ4v) is 3.34. The van der Waals surface area contributed by atoms with Gasteiger partial charge in [0.2, 0.25) is 11.8 Å². The first kappa shape index (κ1) is 17.8. The molecule has 0 unspecified atom stereocenters. The van der Waals surface area contributed by atoms with Crippen LogP contribution in [0.15, 0.2) is 24.3 Å². The lowest BCUT2D eigenvalue weighted by molar-refractivity contribution is -0.141. The molecule has 1 aromatic carbocycles. The Balaban J connectivity index is 1.43. The van der Waals surface area contributed by atoms with E-state index in [0.29, 0.717) is 39.4 Å². The first-order valence-electron chi connectivity index (χ1n) is 8.77. The number of carbonyl (C=O) groups is 2. The Kier molecular flexibility index (Phi) is 5.99. The fraction of sp³-hybridized carbons (Fsp3) is 0.556. The zero-order valence-corrected chi connectivity index (χ0v) is 14.2. The van der Waals surface area contributed by atoms with E-state index in [4.69, 9.17) is 4.74 Å². The smallest absolute Gasteiger partial charge is 0.238 e. The van der Waals surface area contributed by atoms with Crippen LogP contribution >= 0.6 is 0 Å². The van der Waals surface area contributed by atoms with E-state index in [9.17, 15) is 14.0 Å². The van der Waals surface area contributed by atoms with Crippen LogP contribution in [-0.4, -0.2) is 67.6 Å². The quantitative estimate of drug-likeness (QED) is 0.891. The first-order valence-corrected chi connectivity index (χ1v) is 8.77. The summed E-state index contributed by atoms with van der Waals surface area (Å²) in [7, 11) is 0. The Hall–Kier alpha value is -1.99. The van der Waals surface area contributed by atoms with Crippen molar-refractivity contribution < 1.29 is 18.7 Å². The number of carbonyl (C=O) groups excluding carboxylic acids is 2. The molecule has 0 saturated carbocycles. The number of benzene rings is 1. The van der Waals surface area contributed by atoms with E-state index in [1.807, 2.05) is 9.80 Å². The molecule has 2 aliphatic heterocycles. The third-order valence-electron chi connectivity index (χ3n) is 4.77. The maximum absolute atomic E-state index is 13.6. The van der Waals surface area contributed by atoms with E-state index in [2.05, 4.69) is 5.32 Å². The van der Waals surface area contributed by atoms with Crippen molar-refractivity contribution in [2.75, 3.05) is 51.3 Å². The van der Waals surface area contributed by atoms with Crippen molar-refractivity contribution in [3.8, 4) is 0 Å². The van der Waals surface area contributed by atoms with Gasteiger partial charge in [0.1, 0.15) is 5.82 Å². The Morgan fingerprint density at radius 1 is 1.12 bits per heavy atom. The molecular formula is C18H24FN3O3. The van der Waals surface area contributed by atoms with E-state index in [0.717, 1.165) is 12.8 Å². The third-order valence-corrected chi connectivity index (χ3v) is 4.77. The zero-order chi connectivity index (χ0) is 17.6. The molecule has 0 atom stereocenters. The number of likely N-dealkylation sites (tertiary alicyclic amines) is 1. The molecule has 2 fully saturated rings. The average molecular weight is 349 g/mol. The number of ether oxygens (including phenoxy) is 1. The Labute approximate surface area is 146 Å². The number of rotatable bonds is 4. The molecule has 2 amide bonds. The number of hydrogen-bond donors (Lipinski definition) is 1. The van der Waals surface area contributed by atoms with Gasteiger partial charge in [-0.3, -0.25) is 14.5 Å². The number of piperidine rings is 1. The molecule has 0 aromatic heterocycles. The van der Waals surface area contributed by atoms with Gasteiger partial charge in [0.25, 0.3) is 0 Å². The largest absolute Gasteiger partial charge is 0.378 e. The Morgan fingerprint density at radius 3 is 2.48 bits per heavy atom. The summed E-state index contributed by atoms with van der Waals surface area (Å²) in [6.07, 6.45) is 1.51. The maximum atomic E-state index is 13.6. The van der Waals surface area contributed by atoms with E-state index in [-0.39, 0.29) is 30.0 Å². The highest BCUT2D eigenvalue weighted by Gasteiger charge is 2.29. The summed E-state index contributed by atoms with van der Waals surface area (Å²) >= 11 is 0. The first-order chi connectivity index (χ1) is 12.1. The second-order valence-electron chi connectivity index (χ2n) is 6.52. The Bertz CT molecular complexity index is 611. The summed E-state index contributed by atoms with van der Waals surface area (Å²) in [5.74, 6) is -0.434. The van der Waals surface area contributed by atoms with Crippen molar-refractivity contribution in [3.05, 3.63) is 30.1 Å². The van der Waals surface area contributed by atoms with Crippen LogP contribution in [0.3, 0.4) is 0 Å². The number of anilines is 1. The molecule has 0 spiro atoms. The highest BCUT2D eigenvalue weighted by molar-refractivity contribution is 5.92. The molecule has 2 aliphatic rings. The number of para-hydroxylation sites is 1. The molecule has 136 valence electrons. The standard InChI is InChI=1S/C18H24FN3O3/c19-15-3-1-2-4-16(15)20-17(23)13-21-7-5-14(6-8-21)18(24)22-9-11-25-12-10-22/h1-4,14H,5-13H2,(H,20,23). The second-order valence-corrected chi connectivity index (χ2v) is 6.52. The number of halogens is 1. The van der Waals surface area contributed by atoms with Crippen LogP contribution in [0.2, 0.25) is 0 Å². The lowest BCUT2D eigenvalue weighted by atomic mass is 9.95. The van der Waals surface area contributed by atoms with Crippen molar-refractivity contribution in [2.24, 2.45) is 5.92 Å². The molecule has 2 heterocycles. The van der Waals surface area contributed by atoms with E-state index < -0.39 is 5.82 Å². The minimum atomic E-state index is -0.439. The van der Waals surface area contributed by atoms with Gasteiger partial charge in [0.05, 0.1) is 25.4 Å². The maximum Gasteiger partial charge on any atom is 0.238 e. The summed E-state index contributed by atoms with van der Waals surface area (Å²) in [6.45, 7) is 4.18. The van der Waals surface area contributed by atoms with Crippen molar-refractivity contribution >= 4 is 17.5 Å². The summed E-state index contributed by atoms with van der Waals surface area (Å²) in [4.78, 5) is 28.5. The minimum absolute atomic E-state index is 0.0315. The van der Waals surface area contributed by atoms with E-state index >= 15 is 0 Å². The van der Waals surface area contributed by atoms with Gasteiger partial charge < -0.3 is 15.0 Å². The Morgan fingerprint density at radius 2 is 1.80 bits per heavy atom. The van der Waals surface area contributed by atoms with Gasteiger partial charge >= 0.3 is 0 Å². The molecular weight excluding hydrogens is 325 g/mol. The lowest BCUT2D eigenvalue weighted by Gasteiger charge is -2.35. The van der Waals surface area contributed by atoms with Gasteiger partial charge in [0, 0.05) is 19.0 Å².